The molecule has 0 aliphatic heterocycles. The van der Waals surface area contributed by atoms with E-state index in [1.54, 1.807) is 0 Å². The topological polar surface area (TPSA) is 66.5 Å². The number of aliphatic hydroxyl groups excluding tert-OH is 2. The van der Waals surface area contributed by atoms with Gasteiger partial charge in [-0.05, 0) is 24.8 Å². The van der Waals surface area contributed by atoms with Gasteiger partial charge < -0.3 is 15.9 Å². The fourth-order valence-corrected chi connectivity index (χ4v) is 5.71. The van der Waals surface area contributed by atoms with E-state index in [-0.39, 0.29) is 13.2 Å². The van der Waals surface area contributed by atoms with Crippen LogP contribution in [0.15, 0.2) is 24.3 Å². The van der Waals surface area contributed by atoms with Crippen molar-refractivity contribution in [3.05, 3.63) is 29.8 Å². The van der Waals surface area contributed by atoms with Crippen LogP contribution >= 0.6 is 0 Å². The predicted octanol–water partition coefficient (Wildman–Crippen LogP) is 3.58. The molecular formula is C21H39NO2Si. The third-order valence-electron chi connectivity index (χ3n) is 5.41. The second-order valence-corrected chi connectivity index (χ2v) is 13.1. The van der Waals surface area contributed by atoms with E-state index in [0.29, 0.717) is 6.42 Å². The largest absolute Gasteiger partial charge is 0.394 e. The predicted molar refractivity (Wildman–Crippen MR) is 111 cm³/mol. The number of benzene rings is 1. The molecular weight excluding hydrogens is 326 g/mol. The molecule has 0 unspecified atom stereocenters. The Morgan fingerprint density at radius 1 is 0.920 bits per heavy atom. The van der Waals surface area contributed by atoms with Crippen molar-refractivity contribution < 1.29 is 10.2 Å². The fourth-order valence-electron chi connectivity index (χ4n) is 3.29. The van der Waals surface area contributed by atoms with Crippen molar-refractivity contribution in [2.75, 3.05) is 13.2 Å². The minimum atomic E-state index is -1.50. The zero-order chi connectivity index (χ0) is 18.8. The van der Waals surface area contributed by atoms with Crippen molar-refractivity contribution in [3.63, 3.8) is 0 Å². The normalized spacial score (nSPS) is 12.6. The summed E-state index contributed by atoms with van der Waals surface area (Å²) < 4.78 is 0. The maximum Gasteiger partial charge on any atom is 0.0806 e. The maximum absolute atomic E-state index is 9.31. The van der Waals surface area contributed by atoms with E-state index in [4.69, 9.17) is 5.73 Å². The molecule has 0 amide bonds. The Hall–Kier alpha value is -0.683. The molecule has 0 heterocycles. The molecule has 144 valence electrons. The molecule has 1 aromatic carbocycles. The minimum Gasteiger partial charge on any atom is -0.394 e. The molecule has 4 heteroatoms. The van der Waals surface area contributed by atoms with Crippen LogP contribution in [0.4, 0.5) is 0 Å². The Morgan fingerprint density at radius 3 is 2.08 bits per heavy atom. The van der Waals surface area contributed by atoms with Gasteiger partial charge in [0.15, 0.2) is 0 Å². The number of nitrogens with two attached hydrogens (primary N) is 1. The highest BCUT2D eigenvalue weighted by Gasteiger charge is 2.27. The molecule has 4 N–H and O–H groups in total. The van der Waals surface area contributed by atoms with Crippen LogP contribution < -0.4 is 10.9 Å². The lowest BCUT2D eigenvalue weighted by Gasteiger charge is -2.28. The molecule has 1 aromatic rings. The third-order valence-corrected chi connectivity index (χ3v) is 8.91. The minimum absolute atomic E-state index is 0.154. The fraction of sp³-hybridized carbons (Fsp3) is 0.714. The molecule has 0 atom stereocenters. The summed E-state index contributed by atoms with van der Waals surface area (Å²) in [6.45, 7) is 6.73. The van der Waals surface area contributed by atoms with E-state index in [2.05, 4.69) is 44.3 Å². The first kappa shape index (κ1) is 22.4. The summed E-state index contributed by atoms with van der Waals surface area (Å²) in [6, 6.07) is 10.4. The molecule has 0 fully saturated rings. The summed E-state index contributed by atoms with van der Waals surface area (Å²) in [4.78, 5) is 0. The summed E-state index contributed by atoms with van der Waals surface area (Å²) in [5.41, 5.74) is 6.60. The Balaban J connectivity index is 2.47. The average Bonchev–Trinajstić information content (AvgIpc) is 2.61. The highest BCUT2D eigenvalue weighted by atomic mass is 28.3. The van der Waals surface area contributed by atoms with Crippen molar-refractivity contribution >= 4 is 13.3 Å². The first-order chi connectivity index (χ1) is 11.9. The second-order valence-electron chi connectivity index (χ2n) is 8.28. The number of unbranched alkanes of at least 4 members (excludes halogenated alkanes) is 4. The van der Waals surface area contributed by atoms with Gasteiger partial charge in [0.05, 0.1) is 26.8 Å². The molecule has 3 nitrogen and oxygen atoms in total. The van der Waals surface area contributed by atoms with Crippen LogP contribution in [0, 0.1) is 0 Å². The molecule has 0 aromatic heterocycles. The first-order valence-corrected chi connectivity index (χ1v) is 13.2. The maximum atomic E-state index is 9.31. The van der Waals surface area contributed by atoms with Crippen LogP contribution in [-0.2, 0) is 6.42 Å². The van der Waals surface area contributed by atoms with Crippen LogP contribution in [0.25, 0.3) is 0 Å². The average molecular weight is 366 g/mol. The Kier molecular flexibility index (Phi) is 9.94. The summed E-state index contributed by atoms with van der Waals surface area (Å²) in [5.74, 6) is 0. The molecule has 25 heavy (non-hydrogen) atoms. The molecule has 0 saturated carbocycles. The zero-order valence-corrected chi connectivity index (χ0v) is 17.6. The van der Waals surface area contributed by atoms with Crippen LogP contribution in [-0.4, -0.2) is 37.0 Å². The Bertz CT molecular complexity index is 469. The lowest BCUT2D eigenvalue weighted by molar-refractivity contribution is 0.114. The van der Waals surface area contributed by atoms with Crippen LogP contribution in [0.3, 0.4) is 0 Å². The first-order valence-electron chi connectivity index (χ1n) is 9.97. The van der Waals surface area contributed by atoms with E-state index in [1.165, 1.54) is 49.3 Å². The molecule has 0 radical (unpaired) electrons. The van der Waals surface area contributed by atoms with Crippen molar-refractivity contribution in [3.8, 4) is 0 Å². The van der Waals surface area contributed by atoms with E-state index in [0.717, 1.165) is 12.5 Å². The van der Waals surface area contributed by atoms with Gasteiger partial charge in [0.1, 0.15) is 0 Å². The van der Waals surface area contributed by atoms with E-state index in [9.17, 15) is 10.2 Å². The quantitative estimate of drug-likeness (QED) is 0.370. The third kappa shape index (κ3) is 8.03. The lowest BCUT2D eigenvalue weighted by atomic mass is 9.97. The van der Waals surface area contributed by atoms with Crippen LogP contribution in [0.1, 0.15) is 57.4 Å². The van der Waals surface area contributed by atoms with Gasteiger partial charge in [-0.3, -0.25) is 0 Å². The number of aliphatic hydroxyl groups is 2. The lowest BCUT2D eigenvalue weighted by Crippen LogP contribution is -2.48. The highest BCUT2D eigenvalue weighted by Crippen LogP contribution is 2.19. The van der Waals surface area contributed by atoms with Crippen molar-refractivity contribution in [1.29, 1.82) is 0 Å². The van der Waals surface area contributed by atoms with E-state index in [1.807, 2.05) is 0 Å². The van der Waals surface area contributed by atoms with Gasteiger partial charge in [-0.1, -0.05) is 87.6 Å². The van der Waals surface area contributed by atoms with Gasteiger partial charge in [0.25, 0.3) is 0 Å². The van der Waals surface area contributed by atoms with E-state index < -0.39 is 13.6 Å². The summed E-state index contributed by atoms with van der Waals surface area (Å²) >= 11 is 0. The summed E-state index contributed by atoms with van der Waals surface area (Å²) in [7, 11) is -1.50. The van der Waals surface area contributed by atoms with Gasteiger partial charge >= 0.3 is 0 Å². The number of rotatable bonds is 13. The molecule has 0 saturated heterocycles. The molecule has 0 bridgehead atoms. The van der Waals surface area contributed by atoms with Crippen molar-refractivity contribution in [1.82, 2.24) is 0 Å². The van der Waals surface area contributed by atoms with Crippen LogP contribution in [0.2, 0.25) is 19.1 Å². The zero-order valence-electron chi connectivity index (χ0n) is 16.6. The van der Waals surface area contributed by atoms with Gasteiger partial charge in [-0.25, -0.2) is 0 Å². The van der Waals surface area contributed by atoms with E-state index >= 15 is 0 Å². The molecule has 1 rings (SSSR count). The van der Waals surface area contributed by atoms with Gasteiger partial charge in [0, 0.05) is 0 Å². The number of hydrogen-bond acceptors (Lipinski definition) is 3. The smallest absolute Gasteiger partial charge is 0.0806 e. The summed E-state index contributed by atoms with van der Waals surface area (Å²) in [5, 5.41) is 20.1. The number of aryl methyl sites for hydroxylation is 1. The van der Waals surface area contributed by atoms with Gasteiger partial charge in [-0.2, -0.15) is 0 Å². The number of hydrogen-bond donors (Lipinski definition) is 3. The van der Waals surface area contributed by atoms with Gasteiger partial charge in [-0.15, -0.1) is 0 Å². The summed E-state index contributed by atoms with van der Waals surface area (Å²) in [6.07, 6.45) is 9.47. The van der Waals surface area contributed by atoms with Crippen molar-refractivity contribution in [2.24, 2.45) is 5.73 Å². The van der Waals surface area contributed by atoms with Gasteiger partial charge in [0.2, 0.25) is 0 Å². The molecule has 0 aliphatic carbocycles. The highest BCUT2D eigenvalue weighted by molar-refractivity contribution is 6.89. The second kappa shape index (κ2) is 11.1. The van der Waals surface area contributed by atoms with Crippen LogP contribution in [0.5, 0.6) is 0 Å². The molecule has 0 spiro atoms. The SMILES string of the molecule is CCCCCCCc1ccc([Si](C)(C)CCCC(N)(CO)CO)cc1. The Morgan fingerprint density at radius 2 is 1.52 bits per heavy atom. The van der Waals surface area contributed by atoms with Crippen molar-refractivity contribution in [2.45, 2.75) is 83.0 Å². The monoisotopic (exact) mass is 365 g/mol. The molecule has 0 aliphatic rings. The Labute approximate surface area is 155 Å². The standard InChI is InChI=1S/C21H39NO2Si/c1-4-5-6-7-8-10-19-11-13-20(14-12-19)25(2,3)16-9-15-21(22,17-23)18-24/h11-14,23-24H,4-10,15-18,22H2,1-3H3.